The molecular formula is C50H52N6O4. The van der Waals surface area contributed by atoms with Crippen molar-refractivity contribution in [3.8, 4) is 46.3 Å². The highest BCUT2D eigenvalue weighted by atomic mass is 16.5. The van der Waals surface area contributed by atoms with Crippen LogP contribution in [0, 0.1) is 50.4 Å². The van der Waals surface area contributed by atoms with Gasteiger partial charge in [-0.25, -0.2) is 0 Å². The van der Waals surface area contributed by atoms with Gasteiger partial charge in [0.2, 0.25) is 0 Å². The third-order valence-electron chi connectivity index (χ3n) is 10.4. The monoisotopic (exact) mass is 800 g/mol. The molecule has 0 spiro atoms. The van der Waals surface area contributed by atoms with Gasteiger partial charge in [0.15, 0.2) is 0 Å². The average Bonchev–Trinajstić information content (AvgIpc) is 3.27. The number of nitrogens with one attached hydrogen (secondary N) is 2. The molecule has 6 aromatic rings. The van der Waals surface area contributed by atoms with Crippen molar-refractivity contribution in [2.24, 2.45) is 0 Å². The smallest absolute Gasteiger partial charge is 0.128 e. The quantitative estimate of drug-likeness (QED) is 0.0816. The molecule has 10 heteroatoms. The Labute approximate surface area is 353 Å². The summed E-state index contributed by atoms with van der Waals surface area (Å²) in [6.45, 7) is 16.9. The molecule has 60 heavy (non-hydrogen) atoms. The number of nitriles is 2. The Balaban J connectivity index is 1.18. The molecule has 0 unspecified atom stereocenters. The molecule has 0 saturated carbocycles. The lowest BCUT2D eigenvalue weighted by Crippen LogP contribution is -2.13. The zero-order chi connectivity index (χ0) is 42.4. The van der Waals surface area contributed by atoms with Crippen LogP contribution in [-0.4, -0.2) is 23.1 Å². The number of benzene rings is 4. The first-order chi connectivity index (χ1) is 29.2. The second-order valence-electron chi connectivity index (χ2n) is 14.7. The second-order valence-corrected chi connectivity index (χ2v) is 14.7. The van der Waals surface area contributed by atoms with Crippen molar-refractivity contribution < 1.29 is 18.9 Å². The Kier molecular flexibility index (Phi) is 14.9. The van der Waals surface area contributed by atoms with Gasteiger partial charge in [-0.05, 0) is 110 Å². The van der Waals surface area contributed by atoms with Crippen LogP contribution in [-0.2, 0) is 39.5 Å². The van der Waals surface area contributed by atoms with Gasteiger partial charge in [-0.3, -0.25) is 9.97 Å². The first-order valence-corrected chi connectivity index (χ1v) is 20.3. The maximum Gasteiger partial charge on any atom is 0.128 e. The summed E-state index contributed by atoms with van der Waals surface area (Å²) in [4.78, 5) is 8.35. The molecule has 2 N–H and O–H groups in total. The molecule has 0 aliphatic heterocycles. The van der Waals surface area contributed by atoms with Crippen molar-refractivity contribution in [2.45, 2.75) is 81.1 Å². The first-order valence-electron chi connectivity index (χ1n) is 20.3. The van der Waals surface area contributed by atoms with Crippen molar-refractivity contribution in [1.29, 1.82) is 10.5 Å². The molecule has 306 valence electrons. The van der Waals surface area contributed by atoms with E-state index in [4.69, 9.17) is 18.9 Å². The van der Waals surface area contributed by atoms with Crippen molar-refractivity contribution >= 4 is 0 Å². The highest BCUT2D eigenvalue weighted by Crippen LogP contribution is 2.35. The Morgan fingerprint density at radius 3 is 1.32 bits per heavy atom. The van der Waals surface area contributed by atoms with E-state index < -0.39 is 0 Å². The fraction of sp³-hybridized carbons (Fsp3) is 0.280. The van der Waals surface area contributed by atoms with Gasteiger partial charge < -0.3 is 29.6 Å². The van der Waals surface area contributed by atoms with Crippen LogP contribution in [0.15, 0.2) is 97.6 Å². The highest BCUT2D eigenvalue weighted by Gasteiger charge is 2.16. The third-order valence-corrected chi connectivity index (χ3v) is 10.4. The van der Waals surface area contributed by atoms with Crippen LogP contribution in [0.1, 0.15) is 80.6 Å². The van der Waals surface area contributed by atoms with E-state index in [0.717, 1.165) is 103 Å². The largest absolute Gasteiger partial charge is 0.488 e. The van der Waals surface area contributed by atoms with E-state index in [1.807, 2.05) is 12.1 Å². The number of hydrogen-bond acceptors (Lipinski definition) is 10. The molecule has 0 fully saturated rings. The molecule has 0 aliphatic rings. The average molecular weight is 801 g/mol. The number of ether oxygens (including phenoxy) is 4. The Hall–Kier alpha value is -6.72. The molecule has 4 aromatic carbocycles. The topological polar surface area (TPSA) is 134 Å². The van der Waals surface area contributed by atoms with Crippen molar-refractivity contribution in [3.63, 3.8) is 0 Å². The van der Waals surface area contributed by atoms with E-state index in [0.29, 0.717) is 37.4 Å². The summed E-state index contributed by atoms with van der Waals surface area (Å²) < 4.78 is 25.7. The van der Waals surface area contributed by atoms with Gasteiger partial charge in [0.05, 0.1) is 11.1 Å². The van der Waals surface area contributed by atoms with E-state index in [1.165, 1.54) is 0 Å². The SMILES string of the molecule is CCNCc1cc(C)c(OCc2cccc(-c3cccc(COc4cc(OCc5cncc(C#N)c5)c(CNCC)cc4C)c3C)c2C)cc1OCc1cncc(C#N)c1. The Morgan fingerprint density at radius 2 is 0.917 bits per heavy atom. The number of aromatic nitrogens is 2. The van der Waals surface area contributed by atoms with E-state index >= 15 is 0 Å². The molecule has 0 bridgehead atoms. The molecule has 0 aliphatic carbocycles. The molecular weight excluding hydrogens is 749 g/mol. The molecule has 2 heterocycles. The minimum absolute atomic E-state index is 0.283. The fourth-order valence-electron chi connectivity index (χ4n) is 6.99. The van der Waals surface area contributed by atoms with Crippen LogP contribution < -0.4 is 29.6 Å². The lowest BCUT2D eigenvalue weighted by Gasteiger charge is -2.19. The Morgan fingerprint density at radius 1 is 0.500 bits per heavy atom. The van der Waals surface area contributed by atoms with Gasteiger partial charge in [0, 0.05) is 72.3 Å². The van der Waals surface area contributed by atoms with E-state index in [-0.39, 0.29) is 13.2 Å². The number of hydrogen-bond donors (Lipinski definition) is 2. The number of pyridine rings is 2. The number of aryl methyl sites for hydroxylation is 2. The fourth-order valence-corrected chi connectivity index (χ4v) is 6.99. The van der Waals surface area contributed by atoms with Crippen LogP contribution in [0.5, 0.6) is 23.0 Å². The standard InChI is InChI=1S/C50H52N6O4/c1-7-53-27-43-15-33(3)47(19-49(43)57-29-39-17-37(21-51)23-55-25-39)59-31-41-11-9-13-45(35(41)5)46-14-10-12-42(36(46)6)32-60-48-20-50(44(16-34(48)4)28-54-8-2)58-30-40-18-38(22-52)24-56-26-40/h9-20,23-26,53-54H,7-8,27-32H2,1-6H3. The Bertz CT molecular complexity index is 2350. The molecule has 2 aromatic heterocycles. The number of nitrogens with zero attached hydrogens (tertiary/aromatic N) is 4. The summed E-state index contributed by atoms with van der Waals surface area (Å²) in [6.07, 6.45) is 6.52. The summed E-state index contributed by atoms with van der Waals surface area (Å²) in [7, 11) is 0. The van der Waals surface area contributed by atoms with Crippen LogP contribution in [0.2, 0.25) is 0 Å². The predicted molar refractivity (Wildman–Crippen MR) is 234 cm³/mol. The van der Waals surface area contributed by atoms with Crippen molar-refractivity contribution in [3.05, 3.63) is 164 Å². The van der Waals surface area contributed by atoms with E-state index in [9.17, 15) is 10.5 Å². The molecule has 10 nitrogen and oxygen atoms in total. The molecule has 6 rings (SSSR count). The van der Waals surface area contributed by atoms with Crippen molar-refractivity contribution in [1.82, 2.24) is 20.6 Å². The van der Waals surface area contributed by atoms with Crippen LogP contribution in [0.3, 0.4) is 0 Å². The predicted octanol–water partition coefficient (Wildman–Crippen LogP) is 9.66. The van der Waals surface area contributed by atoms with Crippen LogP contribution in [0.4, 0.5) is 0 Å². The minimum Gasteiger partial charge on any atom is -0.488 e. The van der Waals surface area contributed by atoms with Gasteiger partial charge in [-0.15, -0.1) is 0 Å². The maximum atomic E-state index is 9.32. The normalized spacial score (nSPS) is 10.8. The summed E-state index contributed by atoms with van der Waals surface area (Å²) in [6, 6.07) is 28.7. The van der Waals surface area contributed by atoms with Gasteiger partial charge in [-0.2, -0.15) is 10.5 Å². The second kappa shape index (κ2) is 20.8. The maximum absolute atomic E-state index is 9.32. The minimum atomic E-state index is 0.283. The molecule has 0 atom stereocenters. The molecule has 0 amide bonds. The van der Waals surface area contributed by atoms with Crippen LogP contribution in [0.25, 0.3) is 11.1 Å². The summed E-state index contributed by atoms with van der Waals surface area (Å²) in [5, 5.41) is 25.4. The van der Waals surface area contributed by atoms with Gasteiger partial charge >= 0.3 is 0 Å². The van der Waals surface area contributed by atoms with Crippen molar-refractivity contribution in [2.75, 3.05) is 13.1 Å². The van der Waals surface area contributed by atoms with E-state index in [1.54, 1.807) is 36.9 Å². The first kappa shape index (κ1) is 42.9. The summed E-state index contributed by atoms with van der Waals surface area (Å²) >= 11 is 0. The van der Waals surface area contributed by atoms with Gasteiger partial charge in [0.1, 0.15) is 61.6 Å². The van der Waals surface area contributed by atoms with E-state index in [2.05, 4.69) is 123 Å². The van der Waals surface area contributed by atoms with Gasteiger partial charge in [-0.1, -0.05) is 50.2 Å². The van der Waals surface area contributed by atoms with Gasteiger partial charge in [0.25, 0.3) is 0 Å². The summed E-state index contributed by atoms with van der Waals surface area (Å²) in [5.74, 6) is 2.94. The van der Waals surface area contributed by atoms with Crippen LogP contribution >= 0.6 is 0 Å². The molecule has 0 radical (unpaired) electrons. The zero-order valence-corrected chi connectivity index (χ0v) is 35.3. The highest BCUT2D eigenvalue weighted by molar-refractivity contribution is 5.72. The molecule has 0 saturated heterocycles. The lowest BCUT2D eigenvalue weighted by atomic mass is 9.92. The number of rotatable bonds is 19. The third kappa shape index (κ3) is 10.9. The zero-order valence-electron chi connectivity index (χ0n) is 35.3. The lowest BCUT2D eigenvalue weighted by molar-refractivity contribution is 0.285. The summed E-state index contributed by atoms with van der Waals surface area (Å²) in [5.41, 5.74) is 13.5.